The van der Waals surface area contributed by atoms with E-state index in [4.69, 9.17) is 11.6 Å². The van der Waals surface area contributed by atoms with Gasteiger partial charge in [0, 0.05) is 40.9 Å². The fourth-order valence-electron chi connectivity index (χ4n) is 2.32. The van der Waals surface area contributed by atoms with Gasteiger partial charge in [0.2, 0.25) is 0 Å². The lowest BCUT2D eigenvalue weighted by molar-refractivity contribution is -0.115. The quantitative estimate of drug-likeness (QED) is 0.842. The molecule has 2 aromatic rings. The molecule has 0 radical (unpaired) electrons. The van der Waals surface area contributed by atoms with Gasteiger partial charge in [0.1, 0.15) is 5.15 Å². The maximum atomic E-state index is 11.4. The van der Waals surface area contributed by atoms with Gasteiger partial charge in [-0.3, -0.25) is 4.79 Å². The fourth-order valence-corrected chi connectivity index (χ4v) is 2.47. The number of hydrogen-bond donors (Lipinski definition) is 1. The van der Waals surface area contributed by atoms with E-state index in [1.807, 2.05) is 24.3 Å². The molecule has 1 aliphatic carbocycles. The number of hydrogen-bond acceptors (Lipinski definition) is 3. The SMILES string of the molecule is O=C1C=C(Nc2cccc3cnc(Cl)cc23)CCC1. The minimum Gasteiger partial charge on any atom is -0.358 e. The highest BCUT2D eigenvalue weighted by atomic mass is 35.5. The van der Waals surface area contributed by atoms with Gasteiger partial charge in [0.05, 0.1) is 0 Å². The van der Waals surface area contributed by atoms with Crippen molar-refractivity contribution in [2.75, 3.05) is 5.32 Å². The summed E-state index contributed by atoms with van der Waals surface area (Å²) in [5.74, 6) is 0.189. The molecule has 19 heavy (non-hydrogen) atoms. The summed E-state index contributed by atoms with van der Waals surface area (Å²) in [7, 11) is 0. The Morgan fingerprint density at radius 1 is 1.26 bits per heavy atom. The maximum absolute atomic E-state index is 11.4. The number of ketones is 1. The summed E-state index contributed by atoms with van der Waals surface area (Å²) < 4.78 is 0. The average molecular weight is 273 g/mol. The molecule has 0 aliphatic heterocycles. The Morgan fingerprint density at radius 3 is 3.00 bits per heavy atom. The summed E-state index contributed by atoms with van der Waals surface area (Å²) in [6.07, 6.45) is 5.91. The molecule has 96 valence electrons. The number of nitrogens with one attached hydrogen (secondary N) is 1. The third kappa shape index (κ3) is 2.61. The van der Waals surface area contributed by atoms with Gasteiger partial charge in [-0.05, 0) is 25.0 Å². The normalized spacial score (nSPS) is 15.4. The minimum atomic E-state index is 0.189. The van der Waals surface area contributed by atoms with Gasteiger partial charge in [0.15, 0.2) is 5.78 Å². The monoisotopic (exact) mass is 272 g/mol. The minimum absolute atomic E-state index is 0.189. The predicted octanol–water partition coefficient (Wildman–Crippen LogP) is 3.94. The van der Waals surface area contributed by atoms with Crippen LogP contribution < -0.4 is 5.32 Å². The van der Waals surface area contributed by atoms with Gasteiger partial charge in [-0.15, -0.1) is 0 Å². The van der Waals surface area contributed by atoms with Crippen molar-refractivity contribution in [2.24, 2.45) is 0 Å². The second-order valence-electron chi connectivity index (χ2n) is 4.65. The van der Waals surface area contributed by atoms with Crippen LogP contribution in [0.25, 0.3) is 10.8 Å². The van der Waals surface area contributed by atoms with E-state index in [9.17, 15) is 4.79 Å². The van der Waals surface area contributed by atoms with Crippen LogP contribution in [0.1, 0.15) is 19.3 Å². The van der Waals surface area contributed by atoms with Crippen LogP contribution in [0.5, 0.6) is 0 Å². The number of allylic oxidation sites excluding steroid dienone is 2. The van der Waals surface area contributed by atoms with Crippen molar-refractivity contribution in [3.05, 3.63) is 47.4 Å². The molecular formula is C15H13ClN2O. The molecule has 4 heteroatoms. The Bertz CT molecular complexity index is 679. The molecule has 0 spiro atoms. The van der Waals surface area contributed by atoms with Crippen molar-refractivity contribution in [1.29, 1.82) is 0 Å². The smallest absolute Gasteiger partial charge is 0.157 e. The molecule has 1 aromatic heterocycles. The summed E-state index contributed by atoms with van der Waals surface area (Å²) in [6.45, 7) is 0. The number of pyridine rings is 1. The molecule has 0 fully saturated rings. The van der Waals surface area contributed by atoms with Gasteiger partial charge >= 0.3 is 0 Å². The molecule has 0 saturated carbocycles. The van der Waals surface area contributed by atoms with Gasteiger partial charge < -0.3 is 5.32 Å². The Kier molecular flexibility index (Phi) is 3.22. The number of carbonyl (C=O) groups excluding carboxylic acids is 1. The largest absolute Gasteiger partial charge is 0.358 e. The van der Waals surface area contributed by atoms with Crippen molar-refractivity contribution in [3.8, 4) is 0 Å². The zero-order valence-electron chi connectivity index (χ0n) is 10.3. The van der Waals surface area contributed by atoms with Gasteiger partial charge in [0.25, 0.3) is 0 Å². The Labute approximate surface area is 116 Å². The molecule has 0 unspecified atom stereocenters. The van der Waals surface area contributed by atoms with Crippen LogP contribution in [0.4, 0.5) is 5.69 Å². The molecule has 3 rings (SSSR count). The Hall–Kier alpha value is -1.87. The molecule has 1 aliphatic rings. The fraction of sp³-hybridized carbons (Fsp3) is 0.200. The number of fused-ring (bicyclic) bond motifs is 1. The number of benzene rings is 1. The molecule has 1 N–H and O–H groups in total. The molecule has 0 saturated heterocycles. The second kappa shape index (κ2) is 5.02. The lowest BCUT2D eigenvalue weighted by atomic mass is 10.0. The molecule has 3 nitrogen and oxygen atoms in total. The highest BCUT2D eigenvalue weighted by molar-refractivity contribution is 6.30. The van der Waals surface area contributed by atoms with Gasteiger partial charge in [-0.1, -0.05) is 23.7 Å². The van der Waals surface area contributed by atoms with Crippen LogP contribution in [-0.4, -0.2) is 10.8 Å². The van der Waals surface area contributed by atoms with Crippen LogP contribution in [0, 0.1) is 0 Å². The molecule has 1 aromatic carbocycles. The van der Waals surface area contributed by atoms with E-state index in [0.29, 0.717) is 11.6 Å². The second-order valence-corrected chi connectivity index (χ2v) is 5.04. The third-order valence-electron chi connectivity index (χ3n) is 3.23. The third-order valence-corrected chi connectivity index (χ3v) is 3.44. The van der Waals surface area contributed by atoms with E-state index >= 15 is 0 Å². The summed E-state index contributed by atoms with van der Waals surface area (Å²) in [4.78, 5) is 15.5. The summed E-state index contributed by atoms with van der Waals surface area (Å²) in [5, 5.41) is 5.84. The summed E-state index contributed by atoms with van der Waals surface area (Å²) >= 11 is 5.95. The maximum Gasteiger partial charge on any atom is 0.157 e. The van der Waals surface area contributed by atoms with E-state index in [-0.39, 0.29) is 5.78 Å². The van der Waals surface area contributed by atoms with Crippen molar-refractivity contribution in [3.63, 3.8) is 0 Å². The number of aromatic nitrogens is 1. The predicted molar refractivity (Wildman–Crippen MR) is 77.3 cm³/mol. The number of halogens is 1. The highest BCUT2D eigenvalue weighted by Gasteiger charge is 2.11. The van der Waals surface area contributed by atoms with Gasteiger partial charge in [-0.25, -0.2) is 4.98 Å². The van der Waals surface area contributed by atoms with E-state index < -0.39 is 0 Å². The molecule has 0 amide bonds. The first kappa shape index (κ1) is 12.2. The lowest BCUT2D eigenvalue weighted by Crippen LogP contribution is -2.09. The van der Waals surface area contributed by atoms with Crippen molar-refractivity contribution >= 4 is 33.8 Å². The van der Waals surface area contributed by atoms with Crippen LogP contribution in [0.15, 0.2) is 42.2 Å². The number of rotatable bonds is 2. The first-order valence-electron chi connectivity index (χ1n) is 6.27. The summed E-state index contributed by atoms with van der Waals surface area (Å²) in [5.41, 5.74) is 1.93. The molecular weight excluding hydrogens is 260 g/mol. The van der Waals surface area contributed by atoms with Crippen LogP contribution >= 0.6 is 11.6 Å². The molecule has 1 heterocycles. The van der Waals surface area contributed by atoms with Crippen molar-refractivity contribution in [1.82, 2.24) is 4.98 Å². The van der Waals surface area contributed by atoms with E-state index in [2.05, 4.69) is 10.3 Å². The van der Waals surface area contributed by atoms with Crippen LogP contribution in [0.3, 0.4) is 0 Å². The summed E-state index contributed by atoms with van der Waals surface area (Å²) in [6, 6.07) is 7.78. The Balaban J connectivity index is 2.01. The van der Waals surface area contributed by atoms with Crippen LogP contribution in [-0.2, 0) is 4.79 Å². The first-order chi connectivity index (χ1) is 9.22. The number of anilines is 1. The standard InChI is InChI=1S/C15H13ClN2O/c16-15-8-13-10(9-17-15)3-1-6-14(13)18-11-4-2-5-12(19)7-11/h1,3,6-9,18H,2,4-5H2. The van der Waals surface area contributed by atoms with E-state index in [0.717, 1.165) is 35.0 Å². The average Bonchev–Trinajstić information content (AvgIpc) is 2.39. The zero-order chi connectivity index (χ0) is 13.2. The Morgan fingerprint density at radius 2 is 2.16 bits per heavy atom. The number of nitrogens with zero attached hydrogens (tertiary/aromatic N) is 1. The van der Waals surface area contributed by atoms with Crippen LogP contribution in [0.2, 0.25) is 5.15 Å². The first-order valence-corrected chi connectivity index (χ1v) is 6.65. The molecule has 0 bridgehead atoms. The highest BCUT2D eigenvalue weighted by Crippen LogP contribution is 2.27. The molecule has 0 atom stereocenters. The lowest BCUT2D eigenvalue weighted by Gasteiger charge is -2.16. The number of carbonyl (C=O) groups is 1. The zero-order valence-corrected chi connectivity index (χ0v) is 11.1. The van der Waals surface area contributed by atoms with Crippen molar-refractivity contribution in [2.45, 2.75) is 19.3 Å². The topological polar surface area (TPSA) is 42.0 Å². The van der Waals surface area contributed by atoms with E-state index in [1.54, 1.807) is 12.3 Å². The van der Waals surface area contributed by atoms with Crippen molar-refractivity contribution < 1.29 is 4.79 Å². The van der Waals surface area contributed by atoms with Gasteiger partial charge in [-0.2, -0.15) is 0 Å². The van der Waals surface area contributed by atoms with E-state index in [1.165, 1.54) is 0 Å².